The number of para-hydroxylation sites is 1. The van der Waals surface area contributed by atoms with Crippen molar-refractivity contribution in [2.45, 2.75) is 40.3 Å². The second-order valence-electron chi connectivity index (χ2n) is 6.22. The summed E-state index contributed by atoms with van der Waals surface area (Å²) in [6.07, 6.45) is 0. The number of ether oxygens (including phenoxy) is 1. The molecule has 0 unspecified atom stereocenters. The minimum Gasteiger partial charge on any atom is -0.487 e. The van der Waals surface area contributed by atoms with Crippen molar-refractivity contribution in [3.63, 3.8) is 0 Å². The number of hydrogen-bond donors (Lipinski definition) is 0. The van der Waals surface area contributed by atoms with E-state index in [1.807, 2.05) is 18.2 Å². The topological polar surface area (TPSA) is 14.2 Å². The normalized spacial score (nSPS) is 11.3. The molecule has 22 heavy (non-hydrogen) atoms. The lowest BCUT2D eigenvalue weighted by atomic mass is 10.2. The molecule has 2 heteroatoms. The van der Waals surface area contributed by atoms with E-state index in [0.717, 1.165) is 5.75 Å². The fraction of sp³-hybridized carbons (Fsp3) is 0.300. The maximum absolute atomic E-state index is 6.05. The Labute approximate surface area is 132 Å². The van der Waals surface area contributed by atoms with Crippen LogP contribution in [-0.4, -0.2) is 4.57 Å². The number of aromatic nitrogens is 1. The molecule has 0 atom stereocenters. The summed E-state index contributed by atoms with van der Waals surface area (Å²) in [6.45, 7) is 9.26. The third-order valence-electron chi connectivity index (χ3n) is 4.06. The van der Waals surface area contributed by atoms with E-state index in [1.54, 1.807) is 0 Å². The van der Waals surface area contributed by atoms with Crippen LogP contribution in [0.25, 0.3) is 10.9 Å². The van der Waals surface area contributed by atoms with Crippen molar-refractivity contribution >= 4 is 10.9 Å². The van der Waals surface area contributed by atoms with Gasteiger partial charge in [-0.05, 0) is 57.0 Å². The molecule has 0 aliphatic heterocycles. The quantitative estimate of drug-likeness (QED) is 0.626. The first-order valence-corrected chi connectivity index (χ1v) is 7.85. The van der Waals surface area contributed by atoms with Gasteiger partial charge in [0.25, 0.3) is 0 Å². The van der Waals surface area contributed by atoms with Gasteiger partial charge in [0.2, 0.25) is 0 Å². The van der Waals surface area contributed by atoms with E-state index in [9.17, 15) is 0 Å². The van der Waals surface area contributed by atoms with Gasteiger partial charge >= 0.3 is 0 Å². The van der Waals surface area contributed by atoms with Gasteiger partial charge in [-0.1, -0.05) is 30.3 Å². The summed E-state index contributed by atoms with van der Waals surface area (Å²) in [7, 11) is 0. The molecule has 1 aromatic heterocycles. The summed E-state index contributed by atoms with van der Waals surface area (Å²) in [4.78, 5) is 0. The maximum atomic E-state index is 6.05. The van der Waals surface area contributed by atoms with Crippen molar-refractivity contribution in [1.29, 1.82) is 0 Å². The Balaban J connectivity index is 1.96. The first kappa shape index (κ1) is 14.7. The molecule has 0 fully saturated rings. The highest BCUT2D eigenvalue weighted by Crippen LogP contribution is 2.27. The molecule has 2 aromatic carbocycles. The lowest BCUT2D eigenvalue weighted by Gasteiger charge is -2.16. The summed E-state index contributed by atoms with van der Waals surface area (Å²) in [6, 6.07) is 17.4. The van der Waals surface area contributed by atoms with Gasteiger partial charge in [0.05, 0.1) is 5.69 Å². The van der Waals surface area contributed by atoms with Gasteiger partial charge in [0.15, 0.2) is 0 Å². The van der Waals surface area contributed by atoms with Crippen molar-refractivity contribution in [1.82, 2.24) is 4.57 Å². The molecule has 0 aliphatic rings. The van der Waals surface area contributed by atoms with Crippen LogP contribution in [0.2, 0.25) is 0 Å². The van der Waals surface area contributed by atoms with Crippen LogP contribution in [0.3, 0.4) is 0 Å². The Morgan fingerprint density at radius 1 is 1.00 bits per heavy atom. The number of nitrogens with zero attached hydrogens (tertiary/aromatic N) is 1. The van der Waals surface area contributed by atoms with Gasteiger partial charge in [0.1, 0.15) is 12.4 Å². The minimum atomic E-state index is 0.412. The lowest BCUT2D eigenvalue weighted by molar-refractivity contribution is 0.291. The highest BCUT2D eigenvalue weighted by atomic mass is 16.5. The second-order valence-corrected chi connectivity index (χ2v) is 6.22. The van der Waals surface area contributed by atoms with Crippen LogP contribution in [0.15, 0.2) is 48.5 Å². The number of fused-ring (bicyclic) bond motifs is 1. The van der Waals surface area contributed by atoms with E-state index in [0.29, 0.717) is 12.6 Å². The summed E-state index contributed by atoms with van der Waals surface area (Å²) in [5, 5.41) is 1.28. The molecule has 0 aliphatic carbocycles. The van der Waals surface area contributed by atoms with Crippen LogP contribution in [0.1, 0.15) is 36.7 Å². The highest BCUT2D eigenvalue weighted by molar-refractivity contribution is 5.82. The number of benzene rings is 2. The Morgan fingerprint density at radius 3 is 2.50 bits per heavy atom. The van der Waals surface area contributed by atoms with Crippen molar-refractivity contribution in [3.8, 4) is 5.75 Å². The van der Waals surface area contributed by atoms with E-state index < -0.39 is 0 Å². The summed E-state index contributed by atoms with van der Waals surface area (Å²) >= 11 is 0. The monoisotopic (exact) mass is 293 g/mol. The van der Waals surface area contributed by atoms with Gasteiger partial charge in [-0.25, -0.2) is 0 Å². The third kappa shape index (κ3) is 2.74. The molecule has 3 aromatic rings. The fourth-order valence-electron chi connectivity index (χ4n) is 2.98. The van der Waals surface area contributed by atoms with Crippen LogP contribution >= 0.6 is 0 Å². The standard InChI is InChI=1S/C20H23NO/c1-14(2)21-18(12-17-10-9-15(3)11-19(17)21)13-22-20-8-6-5-7-16(20)4/h5-12,14H,13H2,1-4H3. The minimum absolute atomic E-state index is 0.412. The lowest BCUT2D eigenvalue weighted by Crippen LogP contribution is -2.08. The molecule has 0 bridgehead atoms. The van der Waals surface area contributed by atoms with Gasteiger partial charge in [0, 0.05) is 16.9 Å². The molecule has 3 rings (SSSR count). The van der Waals surface area contributed by atoms with Gasteiger partial charge in [-0.15, -0.1) is 0 Å². The van der Waals surface area contributed by atoms with E-state index in [4.69, 9.17) is 4.74 Å². The first-order valence-electron chi connectivity index (χ1n) is 7.85. The molecule has 0 saturated carbocycles. The molecular weight excluding hydrogens is 270 g/mol. The predicted octanol–water partition coefficient (Wildman–Crippen LogP) is 5.42. The molecule has 1 heterocycles. The molecule has 0 spiro atoms. The zero-order chi connectivity index (χ0) is 15.7. The maximum Gasteiger partial charge on any atom is 0.128 e. The smallest absolute Gasteiger partial charge is 0.128 e. The van der Waals surface area contributed by atoms with E-state index in [-0.39, 0.29) is 0 Å². The Bertz CT molecular complexity index is 799. The number of aryl methyl sites for hydroxylation is 2. The van der Waals surface area contributed by atoms with Crippen LogP contribution < -0.4 is 4.74 Å². The third-order valence-corrected chi connectivity index (χ3v) is 4.06. The number of rotatable bonds is 4. The summed E-state index contributed by atoms with van der Waals surface area (Å²) in [5.41, 5.74) is 4.97. The van der Waals surface area contributed by atoms with Gasteiger partial charge in [-0.3, -0.25) is 0 Å². The Morgan fingerprint density at radius 2 is 1.77 bits per heavy atom. The molecule has 114 valence electrons. The SMILES string of the molecule is Cc1ccc2cc(COc3ccccc3C)n(C(C)C)c2c1. The largest absolute Gasteiger partial charge is 0.487 e. The molecule has 0 amide bonds. The van der Waals surface area contributed by atoms with Crippen molar-refractivity contribution < 1.29 is 4.74 Å². The Kier molecular flexibility index (Phi) is 3.93. The van der Waals surface area contributed by atoms with Crippen LogP contribution in [0.5, 0.6) is 5.75 Å². The average Bonchev–Trinajstić information content (AvgIpc) is 2.84. The summed E-state index contributed by atoms with van der Waals surface area (Å²) < 4.78 is 8.43. The van der Waals surface area contributed by atoms with Crippen LogP contribution in [0, 0.1) is 13.8 Å². The predicted molar refractivity (Wildman–Crippen MR) is 92.6 cm³/mol. The molecule has 0 saturated heterocycles. The number of hydrogen-bond acceptors (Lipinski definition) is 1. The van der Waals surface area contributed by atoms with Crippen molar-refractivity contribution in [2.75, 3.05) is 0 Å². The average molecular weight is 293 g/mol. The Hall–Kier alpha value is -2.22. The second kappa shape index (κ2) is 5.88. The first-order chi connectivity index (χ1) is 10.6. The zero-order valence-electron chi connectivity index (χ0n) is 13.8. The van der Waals surface area contributed by atoms with Crippen molar-refractivity contribution in [2.24, 2.45) is 0 Å². The molecule has 2 nitrogen and oxygen atoms in total. The van der Waals surface area contributed by atoms with E-state index in [1.165, 1.54) is 27.7 Å². The molecule has 0 radical (unpaired) electrons. The van der Waals surface area contributed by atoms with E-state index >= 15 is 0 Å². The molecular formula is C20H23NO. The molecule has 0 N–H and O–H groups in total. The van der Waals surface area contributed by atoms with Gasteiger partial charge in [-0.2, -0.15) is 0 Å². The summed E-state index contributed by atoms with van der Waals surface area (Å²) in [5.74, 6) is 0.958. The van der Waals surface area contributed by atoms with Crippen LogP contribution in [-0.2, 0) is 6.61 Å². The van der Waals surface area contributed by atoms with E-state index in [2.05, 4.69) is 62.6 Å². The fourth-order valence-corrected chi connectivity index (χ4v) is 2.98. The van der Waals surface area contributed by atoms with Gasteiger partial charge < -0.3 is 9.30 Å². The van der Waals surface area contributed by atoms with Crippen LogP contribution in [0.4, 0.5) is 0 Å². The van der Waals surface area contributed by atoms with Crippen molar-refractivity contribution in [3.05, 3.63) is 65.4 Å². The highest BCUT2D eigenvalue weighted by Gasteiger charge is 2.12. The zero-order valence-corrected chi connectivity index (χ0v) is 13.8.